The van der Waals surface area contributed by atoms with E-state index in [4.69, 9.17) is 0 Å². The Morgan fingerprint density at radius 1 is 1.29 bits per heavy atom. The van der Waals surface area contributed by atoms with E-state index in [2.05, 4.69) is 45.8 Å². The third-order valence-corrected chi connectivity index (χ3v) is 4.90. The predicted molar refractivity (Wildman–Crippen MR) is 96.8 cm³/mol. The molecule has 1 aromatic heterocycles. The van der Waals surface area contributed by atoms with Crippen molar-refractivity contribution in [2.24, 2.45) is 13.0 Å². The van der Waals surface area contributed by atoms with E-state index >= 15 is 0 Å². The van der Waals surface area contributed by atoms with Crippen LogP contribution in [0.15, 0.2) is 30.5 Å². The highest BCUT2D eigenvalue weighted by atomic mass is 16.3. The maximum Gasteiger partial charge on any atom is 0.0643 e. The molecular formula is C19H28N4O. The summed E-state index contributed by atoms with van der Waals surface area (Å²) >= 11 is 0. The normalized spacial score (nSPS) is 16.5. The fourth-order valence-corrected chi connectivity index (χ4v) is 3.38. The number of anilines is 1. The molecule has 5 heteroatoms. The number of aliphatic hydroxyl groups excluding tert-OH is 1. The third-order valence-electron chi connectivity index (χ3n) is 4.90. The van der Waals surface area contributed by atoms with Crippen LogP contribution in [0.3, 0.4) is 0 Å². The van der Waals surface area contributed by atoms with Crippen LogP contribution in [0.1, 0.15) is 29.7 Å². The van der Waals surface area contributed by atoms with Gasteiger partial charge >= 0.3 is 0 Å². The van der Waals surface area contributed by atoms with E-state index in [1.807, 2.05) is 18.7 Å². The summed E-state index contributed by atoms with van der Waals surface area (Å²) in [6, 6.07) is 8.67. The first-order valence-corrected chi connectivity index (χ1v) is 8.79. The standard InChI is InChI=1S/C19H28N4O/c1-15-18(13-22(2)21-15)11-20-19-5-3-4-17(10-19)12-23-8-6-16(14-24)7-9-23/h3-5,10,13,16,20,24H,6-9,11-12,14H2,1-2H3. The van der Waals surface area contributed by atoms with Gasteiger partial charge in [-0.15, -0.1) is 0 Å². The lowest BCUT2D eigenvalue weighted by molar-refractivity contribution is 0.127. The second kappa shape index (κ2) is 7.81. The number of likely N-dealkylation sites (tertiary alicyclic amines) is 1. The molecule has 2 N–H and O–H groups in total. The smallest absolute Gasteiger partial charge is 0.0643 e. The molecule has 1 fully saturated rings. The van der Waals surface area contributed by atoms with E-state index in [-0.39, 0.29) is 0 Å². The Kier molecular flexibility index (Phi) is 5.53. The van der Waals surface area contributed by atoms with Gasteiger partial charge in [-0.25, -0.2) is 0 Å². The maximum absolute atomic E-state index is 9.24. The van der Waals surface area contributed by atoms with E-state index in [0.29, 0.717) is 12.5 Å². The molecule has 130 valence electrons. The lowest BCUT2D eigenvalue weighted by Gasteiger charge is -2.31. The highest BCUT2D eigenvalue weighted by Crippen LogP contribution is 2.20. The Morgan fingerprint density at radius 3 is 2.75 bits per heavy atom. The summed E-state index contributed by atoms with van der Waals surface area (Å²) in [5.41, 5.74) is 4.80. The molecule has 0 amide bonds. The number of rotatable bonds is 6. The van der Waals surface area contributed by atoms with E-state index in [1.54, 1.807) is 0 Å². The Morgan fingerprint density at radius 2 is 2.08 bits per heavy atom. The molecule has 0 unspecified atom stereocenters. The van der Waals surface area contributed by atoms with Crippen LogP contribution >= 0.6 is 0 Å². The molecule has 0 saturated carbocycles. The molecule has 0 atom stereocenters. The van der Waals surface area contributed by atoms with Crippen LogP contribution in [0.2, 0.25) is 0 Å². The van der Waals surface area contributed by atoms with Crippen LogP contribution < -0.4 is 5.32 Å². The number of piperidine rings is 1. The molecule has 24 heavy (non-hydrogen) atoms. The van der Waals surface area contributed by atoms with Crippen LogP contribution in [-0.4, -0.2) is 39.5 Å². The number of nitrogens with one attached hydrogen (secondary N) is 1. The molecular weight excluding hydrogens is 300 g/mol. The first-order chi connectivity index (χ1) is 11.6. The highest BCUT2D eigenvalue weighted by molar-refractivity contribution is 5.46. The molecule has 0 aliphatic carbocycles. The average molecular weight is 328 g/mol. The van der Waals surface area contributed by atoms with Crippen molar-refractivity contribution in [1.82, 2.24) is 14.7 Å². The molecule has 1 aliphatic heterocycles. The summed E-state index contributed by atoms with van der Waals surface area (Å²) < 4.78 is 1.86. The van der Waals surface area contributed by atoms with Gasteiger partial charge in [0.2, 0.25) is 0 Å². The minimum atomic E-state index is 0.334. The van der Waals surface area contributed by atoms with Gasteiger partial charge in [-0.2, -0.15) is 5.10 Å². The van der Waals surface area contributed by atoms with Crippen LogP contribution in [-0.2, 0) is 20.1 Å². The number of aliphatic hydroxyl groups is 1. The fourth-order valence-electron chi connectivity index (χ4n) is 3.38. The minimum absolute atomic E-state index is 0.334. The van der Waals surface area contributed by atoms with Gasteiger partial charge in [-0.05, 0) is 56.5 Å². The summed E-state index contributed by atoms with van der Waals surface area (Å²) in [6.07, 6.45) is 4.28. The van der Waals surface area contributed by atoms with Gasteiger partial charge in [0.25, 0.3) is 0 Å². The largest absolute Gasteiger partial charge is 0.396 e. The Balaban J connectivity index is 1.55. The van der Waals surface area contributed by atoms with Crippen molar-refractivity contribution in [2.45, 2.75) is 32.9 Å². The number of aryl methyl sites for hydroxylation is 2. The monoisotopic (exact) mass is 328 g/mol. The topological polar surface area (TPSA) is 53.3 Å². The van der Waals surface area contributed by atoms with Crippen molar-refractivity contribution in [3.63, 3.8) is 0 Å². The Bertz CT molecular complexity index is 659. The van der Waals surface area contributed by atoms with Crippen LogP contribution in [0.25, 0.3) is 0 Å². The number of benzene rings is 1. The molecule has 2 heterocycles. The van der Waals surface area contributed by atoms with E-state index in [9.17, 15) is 5.11 Å². The van der Waals surface area contributed by atoms with Crippen molar-refractivity contribution < 1.29 is 5.11 Å². The van der Waals surface area contributed by atoms with Gasteiger partial charge in [0.1, 0.15) is 0 Å². The average Bonchev–Trinajstić information content (AvgIpc) is 2.91. The molecule has 1 aliphatic rings. The summed E-state index contributed by atoms with van der Waals surface area (Å²) in [7, 11) is 1.96. The molecule has 1 saturated heterocycles. The van der Waals surface area contributed by atoms with Gasteiger partial charge in [-0.1, -0.05) is 12.1 Å². The number of nitrogens with zero attached hydrogens (tertiary/aromatic N) is 3. The van der Waals surface area contributed by atoms with Crippen LogP contribution in [0, 0.1) is 12.8 Å². The zero-order valence-electron chi connectivity index (χ0n) is 14.7. The summed E-state index contributed by atoms with van der Waals surface area (Å²) in [5, 5.41) is 17.1. The van der Waals surface area contributed by atoms with Gasteiger partial charge in [0.15, 0.2) is 0 Å². The Labute approximate surface area is 144 Å². The quantitative estimate of drug-likeness (QED) is 0.856. The minimum Gasteiger partial charge on any atom is -0.396 e. The second-order valence-corrected chi connectivity index (χ2v) is 6.87. The summed E-state index contributed by atoms with van der Waals surface area (Å²) in [4.78, 5) is 2.48. The van der Waals surface area contributed by atoms with Crippen molar-refractivity contribution in [1.29, 1.82) is 0 Å². The van der Waals surface area contributed by atoms with Crippen LogP contribution in [0.4, 0.5) is 5.69 Å². The summed E-state index contributed by atoms with van der Waals surface area (Å²) in [6.45, 7) is 6.32. The molecule has 5 nitrogen and oxygen atoms in total. The van der Waals surface area contributed by atoms with E-state index in [1.165, 1.54) is 11.1 Å². The van der Waals surface area contributed by atoms with Crippen LogP contribution in [0.5, 0.6) is 0 Å². The zero-order valence-corrected chi connectivity index (χ0v) is 14.7. The van der Waals surface area contributed by atoms with Gasteiger partial charge in [0.05, 0.1) is 5.69 Å². The molecule has 3 rings (SSSR count). The van der Waals surface area contributed by atoms with Gasteiger partial charge < -0.3 is 10.4 Å². The van der Waals surface area contributed by atoms with E-state index in [0.717, 1.165) is 50.4 Å². The Hall–Kier alpha value is -1.85. The van der Waals surface area contributed by atoms with Crippen molar-refractivity contribution in [3.8, 4) is 0 Å². The third kappa shape index (κ3) is 4.36. The van der Waals surface area contributed by atoms with Gasteiger partial charge in [-0.3, -0.25) is 9.58 Å². The van der Waals surface area contributed by atoms with Crippen molar-refractivity contribution in [3.05, 3.63) is 47.3 Å². The van der Waals surface area contributed by atoms with Crippen molar-refractivity contribution in [2.75, 3.05) is 25.0 Å². The predicted octanol–water partition coefficient (Wildman–Crippen LogP) is 2.54. The maximum atomic E-state index is 9.24. The lowest BCUT2D eigenvalue weighted by atomic mass is 9.97. The molecule has 0 bridgehead atoms. The second-order valence-electron chi connectivity index (χ2n) is 6.87. The number of hydrogen-bond acceptors (Lipinski definition) is 4. The highest BCUT2D eigenvalue weighted by Gasteiger charge is 2.18. The first kappa shape index (κ1) is 17.0. The summed E-state index contributed by atoms with van der Waals surface area (Å²) in [5.74, 6) is 0.497. The first-order valence-electron chi connectivity index (χ1n) is 8.79. The number of aromatic nitrogens is 2. The molecule has 0 radical (unpaired) electrons. The van der Waals surface area contributed by atoms with Gasteiger partial charge in [0, 0.05) is 44.2 Å². The number of hydrogen-bond donors (Lipinski definition) is 2. The van der Waals surface area contributed by atoms with Crippen molar-refractivity contribution >= 4 is 5.69 Å². The zero-order chi connectivity index (χ0) is 16.9. The molecule has 2 aromatic rings. The fraction of sp³-hybridized carbons (Fsp3) is 0.526. The van der Waals surface area contributed by atoms with E-state index < -0.39 is 0 Å². The molecule has 1 aromatic carbocycles. The SMILES string of the molecule is Cc1nn(C)cc1CNc1cccc(CN2CCC(CO)CC2)c1. The molecule has 0 spiro atoms. The lowest BCUT2D eigenvalue weighted by Crippen LogP contribution is -2.34.